The van der Waals surface area contributed by atoms with E-state index in [4.69, 9.17) is 4.74 Å². The molecule has 0 radical (unpaired) electrons. The average Bonchev–Trinajstić information content (AvgIpc) is 1.62. The number of likely N-dealkylation sites (tertiary alicyclic amines) is 1. The first-order chi connectivity index (χ1) is 44.5. The third-order valence-corrected chi connectivity index (χ3v) is 19.3. The maximum atomic E-state index is 13.5. The van der Waals surface area contributed by atoms with Gasteiger partial charge < -0.3 is 62.7 Å². The van der Waals surface area contributed by atoms with Crippen LogP contribution in [0.3, 0.4) is 0 Å². The standard InChI is InChI=1S/C35H47N7O5.C21H38N6O3.C11H20N2O2.2CH4/c1-4-24(19-39-41-34(45)38-18-22-13-15-23(16-14-22)32(43)37-3)40-33(44)31-17-25(36-2)20-42(31)35(46)47-21-30-28-11-7-5-9-26(28)27-10-6-8-12-29(27)30;1-4-17(26-20(29)16-9-10-18(11-16)22-2)13-25-27-21(30)24-12-14-5-7-15(8-6-14)19(28)23-3;1-3-9(7-14)13-11(15)8-4-5-10(6-8)12-2;;/h5-12,19,22-25,30-31,36H,4,13-18,20-21H2,1-3H3,(H,37,43)(H,40,44)(H2,38,41,45);13-18,22H,4-12H2,1-3H3,(H,23,28)(H,26,29)(H2,24,27,30);7-10,12H,3-6H2,1-2H3,(H,13,15);2*1H4/b39-19+;25-13+;;;/t22?,23?,24-,25+,31-;14?,15?,16-,17-,18-;8-,9-,10-;;/m000../s1. The Morgan fingerprint density at radius 3 is 1.31 bits per heavy atom. The van der Waals surface area contributed by atoms with Crippen molar-refractivity contribution in [2.24, 2.45) is 45.7 Å². The maximum Gasteiger partial charge on any atom is 0.410 e. The van der Waals surface area contributed by atoms with Crippen LogP contribution in [0.4, 0.5) is 14.4 Å². The van der Waals surface area contributed by atoms with E-state index in [-0.39, 0.29) is 105 Å². The molecule has 12 N–H and O–H groups in total. The highest BCUT2D eigenvalue weighted by Gasteiger charge is 2.41. The molecular weight excluding hydrogens is 1200 g/mol. The minimum Gasteiger partial charge on any atom is -0.448 e. The highest BCUT2D eigenvalue weighted by atomic mass is 16.6. The second-order valence-electron chi connectivity index (χ2n) is 25.3. The number of rotatable bonds is 25. The lowest BCUT2D eigenvalue weighted by Crippen LogP contribution is -2.49. The van der Waals surface area contributed by atoms with Crippen LogP contribution in [-0.2, 0) is 33.5 Å². The fourth-order valence-electron chi connectivity index (χ4n) is 13.3. The molecule has 1 aliphatic heterocycles. The molecule has 1 saturated heterocycles. The van der Waals surface area contributed by atoms with Gasteiger partial charge in [-0.05, 0) is 171 Å². The van der Waals surface area contributed by atoms with Gasteiger partial charge in [-0.1, -0.05) is 84.2 Å². The minimum absolute atomic E-state index is 0. The van der Waals surface area contributed by atoms with Crippen LogP contribution < -0.4 is 64.0 Å². The van der Waals surface area contributed by atoms with E-state index in [1.165, 1.54) is 11.1 Å². The zero-order valence-corrected chi connectivity index (χ0v) is 55.4. The van der Waals surface area contributed by atoms with Gasteiger partial charge in [0, 0.05) is 93.9 Å². The van der Waals surface area contributed by atoms with Crippen molar-refractivity contribution >= 4 is 66.4 Å². The summed E-state index contributed by atoms with van der Waals surface area (Å²) in [6.45, 7) is 7.38. The molecule has 1 heterocycles. The van der Waals surface area contributed by atoms with E-state index >= 15 is 0 Å². The lowest BCUT2D eigenvalue weighted by molar-refractivity contribution is -0.127. The molecule has 5 aliphatic carbocycles. The molecule has 9 atom stereocenters. The summed E-state index contributed by atoms with van der Waals surface area (Å²) < 4.78 is 5.89. The first-order valence-electron chi connectivity index (χ1n) is 33.6. The Labute approximate surface area is 558 Å². The van der Waals surface area contributed by atoms with Crippen molar-refractivity contribution in [1.82, 2.24) is 68.9 Å². The van der Waals surface area contributed by atoms with Crippen LogP contribution in [0.25, 0.3) is 11.1 Å². The zero-order chi connectivity index (χ0) is 66.5. The van der Waals surface area contributed by atoms with E-state index in [0.29, 0.717) is 69.2 Å². The number of nitrogens with one attached hydrogen (secondary N) is 12. The second-order valence-corrected chi connectivity index (χ2v) is 25.3. The number of ether oxygens (including phenoxy) is 1. The van der Waals surface area contributed by atoms with Crippen LogP contribution in [0.15, 0.2) is 58.7 Å². The number of carbonyl (C=O) groups is 9. The third-order valence-electron chi connectivity index (χ3n) is 19.3. The summed E-state index contributed by atoms with van der Waals surface area (Å²) in [6.07, 6.45) is 18.4. The number of likely N-dealkylation sites (N-methyl/N-ethyl adjacent to an activating group) is 1. The molecule has 25 nitrogen and oxygen atoms in total. The molecule has 0 aromatic heterocycles. The van der Waals surface area contributed by atoms with E-state index in [1.54, 1.807) is 20.3 Å². The molecule has 0 bridgehead atoms. The largest absolute Gasteiger partial charge is 0.448 e. The molecule has 2 aromatic carbocycles. The molecule has 524 valence electrons. The fourth-order valence-corrected chi connectivity index (χ4v) is 13.3. The second kappa shape index (κ2) is 41.3. The predicted octanol–water partition coefficient (Wildman–Crippen LogP) is 6.18. The molecular formula is C69H113N15O10. The summed E-state index contributed by atoms with van der Waals surface area (Å²) in [6, 6.07) is 14.7. The van der Waals surface area contributed by atoms with Gasteiger partial charge >= 0.3 is 18.2 Å². The Hall–Kier alpha value is -7.51. The molecule has 0 unspecified atom stereocenters. The topological polar surface area (TPSA) is 335 Å². The van der Waals surface area contributed by atoms with E-state index in [0.717, 1.165) is 118 Å². The van der Waals surface area contributed by atoms with E-state index in [9.17, 15) is 43.2 Å². The molecule has 4 saturated carbocycles. The van der Waals surface area contributed by atoms with Crippen molar-refractivity contribution in [2.75, 3.05) is 61.5 Å². The summed E-state index contributed by atoms with van der Waals surface area (Å²) >= 11 is 0. The Morgan fingerprint density at radius 2 is 0.915 bits per heavy atom. The van der Waals surface area contributed by atoms with Crippen LogP contribution in [0.5, 0.6) is 0 Å². The highest BCUT2D eigenvalue weighted by Crippen LogP contribution is 2.45. The van der Waals surface area contributed by atoms with Gasteiger partial charge in [0.15, 0.2) is 0 Å². The summed E-state index contributed by atoms with van der Waals surface area (Å²) in [4.78, 5) is 111. The van der Waals surface area contributed by atoms with Gasteiger partial charge in [0.2, 0.25) is 29.5 Å². The lowest BCUT2D eigenvalue weighted by atomic mass is 9.81. The van der Waals surface area contributed by atoms with Gasteiger partial charge in [0.05, 0.1) is 18.1 Å². The van der Waals surface area contributed by atoms with Crippen molar-refractivity contribution in [1.29, 1.82) is 0 Å². The molecule has 2 aromatic rings. The van der Waals surface area contributed by atoms with E-state index in [1.807, 2.05) is 66.2 Å². The molecule has 94 heavy (non-hydrogen) atoms. The maximum absolute atomic E-state index is 13.5. The molecule has 6 aliphatic rings. The normalized spacial score (nSPS) is 24.4. The average molecular weight is 1310 g/mol. The van der Waals surface area contributed by atoms with E-state index < -0.39 is 24.2 Å². The smallest absolute Gasteiger partial charge is 0.410 e. The number of hydrazone groups is 2. The predicted molar refractivity (Wildman–Crippen MR) is 369 cm³/mol. The van der Waals surface area contributed by atoms with E-state index in [2.05, 4.69) is 98.5 Å². The van der Waals surface area contributed by atoms with Crippen LogP contribution >= 0.6 is 0 Å². The molecule has 25 heteroatoms. The Kier molecular flexibility index (Phi) is 34.7. The number of aldehydes is 1. The Balaban J connectivity index is 0.000000341. The molecule has 5 fully saturated rings. The SMILES string of the molecule is C.C.CC[C@@H](/C=N/NC(=O)NCC1CCC(C(=O)NC)CC1)NC(=O)[C@@H]1C[C@@H](NC)CN1C(=O)OCC1c2ccccc2-c2ccccc21.CC[C@@H](/C=N/NC(=O)NCC1CCC(C(=O)NC)CC1)NC(=O)[C@H]1CC[C@H](NC)C1.CC[C@@H](C=O)NC(=O)[C@H]1CC[C@H](NC)C1. The number of carbonyl (C=O) groups excluding carboxylic acids is 9. The first-order valence-corrected chi connectivity index (χ1v) is 33.6. The van der Waals surface area contributed by atoms with Crippen LogP contribution in [0.1, 0.15) is 168 Å². The van der Waals surface area contributed by atoms with Crippen molar-refractivity contribution in [3.63, 3.8) is 0 Å². The molecule has 10 amide bonds. The minimum atomic E-state index is -0.708. The number of nitrogens with zero attached hydrogens (tertiary/aromatic N) is 3. The van der Waals surface area contributed by atoms with Gasteiger partial charge in [-0.15, -0.1) is 0 Å². The zero-order valence-electron chi connectivity index (χ0n) is 55.4. The van der Waals surface area contributed by atoms with Crippen molar-refractivity contribution in [3.8, 4) is 11.1 Å². The summed E-state index contributed by atoms with van der Waals surface area (Å²) in [5.74, 6) is 0.889. The van der Waals surface area contributed by atoms with Crippen LogP contribution in [0.2, 0.25) is 0 Å². The Bertz CT molecular complexity index is 2740. The number of amides is 10. The number of hydrogen-bond acceptors (Lipinski definition) is 15. The lowest BCUT2D eigenvalue weighted by Gasteiger charge is -2.27. The van der Waals surface area contributed by atoms with Crippen molar-refractivity contribution < 1.29 is 47.9 Å². The first kappa shape index (κ1) is 78.9. The summed E-state index contributed by atoms with van der Waals surface area (Å²) in [5, 5.41) is 37.5. The number of urea groups is 2. The fraction of sp³-hybridized carbons (Fsp3) is 0.667. The third kappa shape index (κ3) is 23.7. The summed E-state index contributed by atoms with van der Waals surface area (Å²) in [7, 11) is 8.99. The molecule has 0 spiro atoms. The number of hydrogen-bond donors (Lipinski definition) is 12. The van der Waals surface area contributed by atoms with Gasteiger partial charge in [-0.25, -0.2) is 25.2 Å². The van der Waals surface area contributed by atoms with Crippen molar-refractivity contribution in [2.45, 2.75) is 199 Å². The quantitative estimate of drug-likeness (QED) is 0.0301. The van der Waals surface area contributed by atoms with Gasteiger partial charge in [-0.2, -0.15) is 10.2 Å². The number of fused-ring (bicyclic) bond motifs is 3. The Morgan fingerprint density at radius 1 is 0.511 bits per heavy atom. The van der Waals surface area contributed by atoms with Crippen molar-refractivity contribution in [3.05, 3.63) is 59.7 Å². The highest BCUT2D eigenvalue weighted by molar-refractivity contribution is 5.89. The summed E-state index contributed by atoms with van der Waals surface area (Å²) in [5.41, 5.74) is 9.51. The number of benzene rings is 2. The van der Waals surface area contributed by atoms with Gasteiger partial charge in [0.25, 0.3) is 0 Å². The van der Waals surface area contributed by atoms with Crippen LogP contribution in [0, 0.1) is 35.5 Å². The van der Waals surface area contributed by atoms with Gasteiger partial charge in [-0.3, -0.25) is 28.9 Å². The molecule has 8 rings (SSSR count). The van der Waals surface area contributed by atoms with Gasteiger partial charge in [0.1, 0.15) is 18.9 Å². The van der Waals surface area contributed by atoms with Crippen LogP contribution in [-0.4, -0.2) is 175 Å². The monoisotopic (exact) mass is 1310 g/mol.